The Balaban J connectivity index is 1.51. The summed E-state index contributed by atoms with van der Waals surface area (Å²) in [4.78, 5) is 39.3. The van der Waals surface area contributed by atoms with Gasteiger partial charge in [-0.1, -0.05) is 57.9 Å². The fourth-order valence-electron chi connectivity index (χ4n) is 3.30. The van der Waals surface area contributed by atoms with Crippen molar-refractivity contribution in [3.8, 4) is 11.5 Å². The van der Waals surface area contributed by atoms with E-state index in [1.54, 1.807) is 42.5 Å². The minimum Gasteiger partial charge on any atom is -0.493 e. The highest BCUT2D eigenvalue weighted by Crippen LogP contribution is 2.35. The summed E-state index contributed by atoms with van der Waals surface area (Å²) >= 11 is 4.23. The number of imide groups is 1. The van der Waals surface area contributed by atoms with E-state index in [9.17, 15) is 14.4 Å². The number of esters is 1. The van der Waals surface area contributed by atoms with Crippen LogP contribution in [0.1, 0.15) is 27.0 Å². The van der Waals surface area contributed by atoms with Gasteiger partial charge in [-0.05, 0) is 66.2 Å². The molecule has 0 N–H and O–H groups in total. The van der Waals surface area contributed by atoms with Gasteiger partial charge < -0.3 is 9.47 Å². The third-order valence-electron chi connectivity index (χ3n) is 5.08. The molecule has 1 aliphatic heterocycles. The van der Waals surface area contributed by atoms with Gasteiger partial charge in [0.15, 0.2) is 11.5 Å². The van der Waals surface area contributed by atoms with E-state index in [2.05, 4.69) is 15.9 Å². The molecule has 0 aliphatic carbocycles. The summed E-state index contributed by atoms with van der Waals surface area (Å²) in [5.41, 5.74) is 3.02. The first-order valence-corrected chi connectivity index (χ1v) is 11.9. The number of methoxy groups -OCH3 is 1. The maximum absolute atomic E-state index is 12.9. The van der Waals surface area contributed by atoms with Crippen LogP contribution in [0.25, 0.3) is 6.08 Å². The average Bonchev–Trinajstić information content (AvgIpc) is 3.08. The van der Waals surface area contributed by atoms with Gasteiger partial charge in [0.1, 0.15) is 0 Å². The molecule has 0 unspecified atom stereocenters. The number of hydrogen-bond donors (Lipinski definition) is 0. The van der Waals surface area contributed by atoms with Gasteiger partial charge >= 0.3 is 5.97 Å². The molecule has 172 valence electrons. The van der Waals surface area contributed by atoms with E-state index in [4.69, 9.17) is 9.47 Å². The van der Waals surface area contributed by atoms with Gasteiger partial charge in [0, 0.05) is 4.47 Å². The molecule has 6 nitrogen and oxygen atoms in total. The molecule has 3 aromatic carbocycles. The predicted molar refractivity (Wildman–Crippen MR) is 135 cm³/mol. The summed E-state index contributed by atoms with van der Waals surface area (Å²) in [6, 6.07) is 19.5. The van der Waals surface area contributed by atoms with E-state index in [-0.39, 0.29) is 23.4 Å². The van der Waals surface area contributed by atoms with E-state index >= 15 is 0 Å². The van der Waals surface area contributed by atoms with Crippen LogP contribution in [0, 0.1) is 6.92 Å². The molecular weight excluding hydrogens is 518 g/mol. The van der Waals surface area contributed by atoms with Crippen molar-refractivity contribution >= 4 is 50.9 Å². The number of carbonyl (C=O) groups is 3. The second-order valence-corrected chi connectivity index (χ2v) is 9.47. The SMILES string of the molecule is COc1cc(/C=C2\SC(=O)N(Cc3ccc(C)cc3)C2=O)ccc1OC(=O)c1cccc(Br)c1. The highest BCUT2D eigenvalue weighted by Gasteiger charge is 2.35. The first-order valence-electron chi connectivity index (χ1n) is 10.3. The molecule has 4 rings (SSSR count). The standard InChI is InChI=1S/C26H20BrNO5S/c1-16-6-8-17(9-7-16)15-28-24(29)23(34-26(28)31)13-18-10-11-21(22(12-18)32-2)33-25(30)19-4-3-5-20(27)14-19/h3-14H,15H2,1-2H3/b23-13-. The Hall–Kier alpha value is -3.36. The summed E-state index contributed by atoms with van der Waals surface area (Å²) in [5, 5.41) is -0.316. The molecule has 0 aromatic heterocycles. The Morgan fingerprint density at radius 1 is 1.03 bits per heavy atom. The molecule has 1 aliphatic rings. The lowest BCUT2D eigenvalue weighted by atomic mass is 10.1. The van der Waals surface area contributed by atoms with Gasteiger partial charge in [-0.3, -0.25) is 14.5 Å². The Kier molecular flexibility index (Phi) is 7.19. The number of aryl methyl sites for hydroxylation is 1. The third-order valence-corrected chi connectivity index (χ3v) is 6.48. The monoisotopic (exact) mass is 537 g/mol. The summed E-state index contributed by atoms with van der Waals surface area (Å²) < 4.78 is 11.6. The molecule has 3 aromatic rings. The zero-order valence-corrected chi connectivity index (χ0v) is 20.8. The van der Waals surface area contributed by atoms with Crippen LogP contribution in [0.4, 0.5) is 4.79 Å². The molecule has 0 atom stereocenters. The Bertz CT molecular complexity index is 1300. The van der Waals surface area contributed by atoms with Crippen molar-refractivity contribution in [2.24, 2.45) is 0 Å². The van der Waals surface area contributed by atoms with Crippen LogP contribution in [0.15, 0.2) is 76.1 Å². The summed E-state index contributed by atoms with van der Waals surface area (Å²) in [7, 11) is 1.46. The van der Waals surface area contributed by atoms with E-state index < -0.39 is 5.97 Å². The third kappa shape index (κ3) is 5.40. The lowest BCUT2D eigenvalue weighted by Crippen LogP contribution is -2.27. The normalized spacial score (nSPS) is 14.6. The maximum atomic E-state index is 12.9. The minimum absolute atomic E-state index is 0.218. The van der Waals surface area contributed by atoms with Crippen molar-refractivity contribution in [3.63, 3.8) is 0 Å². The number of rotatable bonds is 6. The minimum atomic E-state index is -0.524. The van der Waals surface area contributed by atoms with E-state index in [0.717, 1.165) is 27.4 Å². The summed E-state index contributed by atoms with van der Waals surface area (Å²) in [6.07, 6.45) is 1.63. The lowest BCUT2D eigenvalue weighted by molar-refractivity contribution is -0.123. The van der Waals surface area contributed by atoms with Crippen molar-refractivity contribution in [2.75, 3.05) is 7.11 Å². The topological polar surface area (TPSA) is 72.9 Å². The fraction of sp³-hybridized carbons (Fsp3) is 0.115. The highest BCUT2D eigenvalue weighted by molar-refractivity contribution is 9.10. The van der Waals surface area contributed by atoms with Gasteiger partial charge in [-0.15, -0.1) is 0 Å². The van der Waals surface area contributed by atoms with Gasteiger partial charge in [0.05, 0.1) is 24.1 Å². The Morgan fingerprint density at radius 2 is 1.79 bits per heavy atom. The molecule has 0 saturated carbocycles. The highest BCUT2D eigenvalue weighted by atomic mass is 79.9. The molecule has 1 saturated heterocycles. The van der Waals surface area contributed by atoms with Crippen molar-refractivity contribution < 1.29 is 23.9 Å². The van der Waals surface area contributed by atoms with Crippen LogP contribution < -0.4 is 9.47 Å². The van der Waals surface area contributed by atoms with Crippen LogP contribution >= 0.6 is 27.7 Å². The van der Waals surface area contributed by atoms with Gasteiger partial charge in [0.25, 0.3) is 11.1 Å². The first kappa shape index (κ1) is 23.8. The predicted octanol–water partition coefficient (Wildman–Crippen LogP) is 6.22. The van der Waals surface area contributed by atoms with E-state index in [1.807, 2.05) is 37.3 Å². The molecule has 0 radical (unpaired) electrons. The van der Waals surface area contributed by atoms with Gasteiger partial charge in [-0.25, -0.2) is 4.79 Å². The maximum Gasteiger partial charge on any atom is 0.343 e. The molecular formula is C26H20BrNO5S. The average molecular weight is 538 g/mol. The fourth-order valence-corrected chi connectivity index (χ4v) is 4.53. The molecule has 1 heterocycles. The summed E-state index contributed by atoms with van der Waals surface area (Å²) in [6.45, 7) is 2.20. The number of ether oxygens (including phenoxy) is 2. The number of halogens is 1. The molecule has 0 spiro atoms. The smallest absolute Gasteiger partial charge is 0.343 e. The quantitative estimate of drug-likeness (QED) is 0.211. The van der Waals surface area contributed by atoms with Crippen LogP contribution in [0.2, 0.25) is 0 Å². The van der Waals surface area contributed by atoms with E-state index in [0.29, 0.717) is 21.8 Å². The number of benzene rings is 3. The zero-order chi connectivity index (χ0) is 24.2. The Labute approximate surface area is 209 Å². The Morgan fingerprint density at radius 3 is 2.50 bits per heavy atom. The van der Waals surface area contributed by atoms with Crippen molar-refractivity contribution in [3.05, 3.63) is 98.4 Å². The second-order valence-electron chi connectivity index (χ2n) is 7.56. The number of amides is 2. The summed E-state index contributed by atoms with van der Waals surface area (Å²) in [5.74, 6) is -0.294. The molecule has 34 heavy (non-hydrogen) atoms. The molecule has 8 heteroatoms. The largest absolute Gasteiger partial charge is 0.493 e. The molecule has 0 bridgehead atoms. The number of carbonyl (C=O) groups excluding carboxylic acids is 3. The van der Waals surface area contributed by atoms with Crippen LogP contribution in [-0.4, -0.2) is 29.1 Å². The van der Waals surface area contributed by atoms with Crippen LogP contribution in [0.3, 0.4) is 0 Å². The van der Waals surface area contributed by atoms with Crippen molar-refractivity contribution in [1.29, 1.82) is 0 Å². The van der Waals surface area contributed by atoms with Gasteiger partial charge in [-0.2, -0.15) is 0 Å². The van der Waals surface area contributed by atoms with Gasteiger partial charge in [0.2, 0.25) is 0 Å². The van der Waals surface area contributed by atoms with Crippen molar-refractivity contribution in [2.45, 2.75) is 13.5 Å². The number of nitrogens with zero attached hydrogens (tertiary/aromatic N) is 1. The second kappa shape index (κ2) is 10.3. The van der Waals surface area contributed by atoms with Crippen LogP contribution in [0.5, 0.6) is 11.5 Å². The van der Waals surface area contributed by atoms with Crippen LogP contribution in [-0.2, 0) is 11.3 Å². The number of hydrogen-bond acceptors (Lipinski definition) is 6. The van der Waals surface area contributed by atoms with E-state index in [1.165, 1.54) is 12.0 Å². The van der Waals surface area contributed by atoms with Crippen molar-refractivity contribution in [1.82, 2.24) is 4.90 Å². The lowest BCUT2D eigenvalue weighted by Gasteiger charge is -2.12. The molecule has 1 fully saturated rings. The zero-order valence-electron chi connectivity index (χ0n) is 18.4. The first-order chi connectivity index (χ1) is 16.3. The number of thioether (sulfide) groups is 1. The molecule has 2 amide bonds.